The Bertz CT molecular complexity index is 110. The summed E-state index contributed by atoms with van der Waals surface area (Å²) >= 11 is 0. The van der Waals surface area contributed by atoms with Crippen LogP contribution in [0.25, 0.3) is 0 Å². The molecule has 0 aromatic rings. The zero-order valence-corrected chi connectivity index (χ0v) is 5.57. The smallest absolute Gasteiger partial charge is 0.396 e. The van der Waals surface area contributed by atoms with Crippen LogP contribution in [-0.4, -0.2) is 23.4 Å². The SMILES string of the molecule is CC(N)(CCO)C(F)(F)F. The molecule has 0 aromatic heterocycles. The van der Waals surface area contributed by atoms with E-state index in [4.69, 9.17) is 10.8 Å². The number of hydrogen-bond donors (Lipinski definition) is 2. The maximum Gasteiger partial charge on any atom is 0.406 e. The van der Waals surface area contributed by atoms with E-state index in [0.717, 1.165) is 6.92 Å². The Labute approximate surface area is 56.8 Å². The lowest BCUT2D eigenvalue weighted by Gasteiger charge is -2.26. The highest BCUT2D eigenvalue weighted by Crippen LogP contribution is 2.29. The molecule has 0 heterocycles. The second kappa shape index (κ2) is 2.75. The van der Waals surface area contributed by atoms with Gasteiger partial charge in [0, 0.05) is 6.61 Å². The first-order valence-electron chi connectivity index (χ1n) is 2.78. The summed E-state index contributed by atoms with van der Waals surface area (Å²) in [5.74, 6) is 0. The summed E-state index contributed by atoms with van der Waals surface area (Å²) in [7, 11) is 0. The third kappa shape index (κ3) is 2.15. The van der Waals surface area contributed by atoms with E-state index in [0.29, 0.717) is 0 Å². The van der Waals surface area contributed by atoms with Crippen LogP contribution in [0.1, 0.15) is 13.3 Å². The Kier molecular flexibility index (Phi) is 2.67. The van der Waals surface area contributed by atoms with E-state index in [-0.39, 0.29) is 0 Å². The minimum absolute atomic E-state index is 0.462. The fourth-order valence-electron chi connectivity index (χ4n) is 0.374. The predicted octanol–water partition coefficient (Wildman–Crippen LogP) is 0.649. The molecule has 0 aromatic carbocycles. The number of aliphatic hydroxyl groups is 1. The van der Waals surface area contributed by atoms with E-state index in [1.54, 1.807) is 0 Å². The largest absolute Gasteiger partial charge is 0.406 e. The van der Waals surface area contributed by atoms with Gasteiger partial charge in [-0.05, 0) is 13.3 Å². The lowest BCUT2D eigenvalue weighted by molar-refractivity contribution is -0.184. The number of nitrogens with two attached hydrogens (primary N) is 1. The van der Waals surface area contributed by atoms with Crippen molar-refractivity contribution in [2.45, 2.75) is 25.1 Å². The van der Waals surface area contributed by atoms with Crippen LogP contribution in [0.4, 0.5) is 13.2 Å². The number of hydrogen-bond acceptors (Lipinski definition) is 2. The fourth-order valence-corrected chi connectivity index (χ4v) is 0.374. The van der Waals surface area contributed by atoms with Crippen molar-refractivity contribution >= 4 is 0 Å². The molecule has 0 spiro atoms. The van der Waals surface area contributed by atoms with Crippen LogP contribution in [0.2, 0.25) is 0 Å². The number of rotatable bonds is 2. The summed E-state index contributed by atoms with van der Waals surface area (Å²) in [6.45, 7) is 0.301. The fraction of sp³-hybridized carbons (Fsp3) is 1.00. The molecule has 0 saturated carbocycles. The van der Waals surface area contributed by atoms with Crippen molar-refractivity contribution in [2.24, 2.45) is 5.73 Å². The maximum absolute atomic E-state index is 11.8. The molecule has 2 nitrogen and oxygen atoms in total. The van der Waals surface area contributed by atoms with Gasteiger partial charge in [0.05, 0.1) is 0 Å². The van der Waals surface area contributed by atoms with E-state index in [9.17, 15) is 13.2 Å². The quantitative estimate of drug-likeness (QED) is 0.618. The highest BCUT2D eigenvalue weighted by Gasteiger charge is 2.47. The minimum atomic E-state index is -4.43. The van der Waals surface area contributed by atoms with E-state index in [1.807, 2.05) is 0 Å². The summed E-state index contributed by atoms with van der Waals surface area (Å²) in [5, 5.41) is 8.19. The molecule has 3 N–H and O–H groups in total. The third-order valence-corrected chi connectivity index (χ3v) is 1.28. The molecule has 10 heavy (non-hydrogen) atoms. The monoisotopic (exact) mass is 157 g/mol. The Balaban J connectivity index is 4.10. The first-order chi connectivity index (χ1) is 4.31. The first kappa shape index (κ1) is 9.71. The van der Waals surface area contributed by atoms with Gasteiger partial charge in [-0.25, -0.2) is 0 Å². The second-order valence-corrected chi connectivity index (χ2v) is 2.39. The van der Waals surface area contributed by atoms with Gasteiger partial charge < -0.3 is 10.8 Å². The van der Waals surface area contributed by atoms with Gasteiger partial charge in [0.1, 0.15) is 5.54 Å². The van der Waals surface area contributed by atoms with E-state index < -0.39 is 24.7 Å². The van der Waals surface area contributed by atoms with E-state index in [1.165, 1.54) is 0 Å². The van der Waals surface area contributed by atoms with Crippen LogP contribution in [0.3, 0.4) is 0 Å². The lowest BCUT2D eigenvalue weighted by atomic mass is 10.00. The molecule has 0 amide bonds. The first-order valence-corrected chi connectivity index (χ1v) is 2.78. The molecule has 0 aliphatic rings. The summed E-state index contributed by atoms with van der Waals surface area (Å²) in [4.78, 5) is 0. The van der Waals surface area contributed by atoms with E-state index in [2.05, 4.69) is 0 Å². The molecular weight excluding hydrogens is 147 g/mol. The summed E-state index contributed by atoms with van der Waals surface area (Å²) in [6.07, 6.45) is -4.90. The molecule has 0 aliphatic heterocycles. The van der Waals surface area contributed by atoms with Crippen LogP contribution in [0.15, 0.2) is 0 Å². The van der Waals surface area contributed by atoms with Crippen LogP contribution in [0, 0.1) is 0 Å². The van der Waals surface area contributed by atoms with Crippen molar-refractivity contribution in [1.29, 1.82) is 0 Å². The summed E-state index contributed by atoms with van der Waals surface area (Å²) in [6, 6.07) is 0. The molecule has 1 atom stereocenters. The van der Waals surface area contributed by atoms with Crippen molar-refractivity contribution in [3.8, 4) is 0 Å². The zero-order valence-electron chi connectivity index (χ0n) is 5.57. The third-order valence-electron chi connectivity index (χ3n) is 1.28. The van der Waals surface area contributed by atoms with Crippen molar-refractivity contribution in [3.05, 3.63) is 0 Å². The summed E-state index contributed by atoms with van der Waals surface area (Å²) in [5.41, 5.74) is 2.56. The number of alkyl halides is 3. The van der Waals surface area contributed by atoms with Crippen molar-refractivity contribution in [1.82, 2.24) is 0 Å². The van der Waals surface area contributed by atoms with Gasteiger partial charge in [-0.1, -0.05) is 0 Å². The standard InChI is InChI=1S/C5H10F3NO/c1-4(9,2-3-10)5(6,7)8/h10H,2-3,9H2,1H3. The van der Waals surface area contributed by atoms with Crippen LogP contribution in [-0.2, 0) is 0 Å². The van der Waals surface area contributed by atoms with Gasteiger partial charge in [-0.3, -0.25) is 0 Å². The van der Waals surface area contributed by atoms with Gasteiger partial charge >= 0.3 is 6.18 Å². The predicted molar refractivity (Wildman–Crippen MR) is 30.4 cm³/mol. The Hall–Kier alpha value is -0.290. The molecule has 5 heteroatoms. The van der Waals surface area contributed by atoms with Crippen molar-refractivity contribution in [3.63, 3.8) is 0 Å². The van der Waals surface area contributed by atoms with Gasteiger partial charge in [0.2, 0.25) is 0 Å². The Morgan fingerprint density at radius 1 is 1.40 bits per heavy atom. The second-order valence-electron chi connectivity index (χ2n) is 2.39. The van der Waals surface area contributed by atoms with Gasteiger partial charge in [-0.15, -0.1) is 0 Å². The van der Waals surface area contributed by atoms with E-state index >= 15 is 0 Å². The van der Waals surface area contributed by atoms with Gasteiger partial charge in [-0.2, -0.15) is 13.2 Å². The van der Waals surface area contributed by atoms with Crippen molar-refractivity contribution < 1.29 is 18.3 Å². The molecule has 0 saturated heterocycles. The minimum Gasteiger partial charge on any atom is -0.396 e. The molecule has 0 bridgehead atoms. The Morgan fingerprint density at radius 3 is 1.90 bits per heavy atom. The Morgan fingerprint density at radius 2 is 1.80 bits per heavy atom. The molecule has 1 unspecified atom stereocenters. The molecule has 0 radical (unpaired) electrons. The van der Waals surface area contributed by atoms with Gasteiger partial charge in [0.15, 0.2) is 0 Å². The molecule has 0 rings (SSSR count). The lowest BCUT2D eigenvalue weighted by Crippen LogP contribution is -2.51. The summed E-state index contributed by atoms with van der Waals surface area (Å²) < 4.78 is 35.4. The molecular formula is C5H10F3NO. The van der Waals surface area contributed by atoms with Crippen LogP contribution in [0.5, 0.6) is 0 Å². The zero-order chi connectivity index (χ0) is 8.41. The molecule has 0 aliphatic carbocycles. The normalized spacial score (nSPS) is 18.6. The molecule has 0 fully saturated rings. The number of aliphatic hydroxyl groups excluding tert-OH is 1. The highest BCUT2D eigenvalue weighted by molar-refractivity contribution is 4.86. The van der Waals surface area contributed by atoms with Crippen LogP contribution < -0.4 is 5.73 Å². The average molecular weight is 157 g/mol. The average Bonchev–Trinajstić information content (AvgIpc) is 1.61. The molecule has 62 valence electrons. The van der Waals surface area contributed by atoms with Crippen molar-refractivity contribution in [2.75, 3.05) is 6.61 Å². The van der Waals surface area contributed by atoms with Gasteiger partial charge in [0.25, 0.3) is 0 Å². The highest BCUT2D eigenvalue weighted by atomic mass is 19.4. The van der Waals surface area contributed by atoms with Crippen LogP contribution >= 0.6 is 0 Å². The number of halogens is 3. The maximum atomic E-state index is 11.8. The topological polar surface area (TPSA) is 46.2 Å².